The molecule has 3 rings (SSSR count). The maximum atomic E-state index is 12.9. The van der Waals surface area contributed by atoms with Crippen LogP contribution in [0.3, 0.4) is 0 Å². The largest absolute Gasteiger partial charge is 0.497 e. The molecule has 1 aliphatic rings. The molecule has 4 nitrogen and oxygen atoms in total. The normalized spacial score (nSPS) is 13.4. The van der Waals surface area contributed by atoms with Gasteiger partial charge in [0.05, 0.1) is 13.7 Å². The molecular weight excluding hydrogens is 404 g/mol. The van der Waals surface area contributed by atoms with E-state index in [9.17, 15) is 4.79 Å². The van der Waals surface area contributed by atoms with Gasteiger partial charge in [0, 0.05) is 24.2 Å². The van der Waals surface area contributed by atoms with Crippen LogP contribution in [0.15, 0.2) is 47.5 Å². The zero-order chi connectivity index (χ0) is 18.5. The summed E-state index contributed by atoms with van der Waals surface area (Å²) in [5.74, 6) is 1.86. The number of methoxy groups -OCH3 is 1. The van der Waals surface area contributed by atoms with Gasteiger partial charge in [-0.2, -0.15) is 0 Å². The Balaban J connectivity index is 0.00000261. The predicted molar refractivity (Wildman–Crippen MR) is 117 cm³/mol. The first-order chi connectivity index (χ1) is 12.6. The molecule has 0 N–H and O–H groups in total. The van der Waals surface area contributed by atoms with E-state index in [0.717, 1.165) is 48.6 Å². The lowest BCUT2D eigenvalue weighted by Gasteiger charge is -2.29. The number of aliphatic imine (C=N–C) groups is 1. The fraction of sp³-hybridized carbons (Fsp3) is 0.364. The fourth-order valence-electron chi connectivity index (χ4n) is 3.24. The van der Waals surface area contributed by atoms with Crippen molar-refractivity contribution in [3.05, 3.63) is 59.2 Å². The molecule has 0 spiro atoms. The molecule has 0 amide bonds. The average Bonchev–Trinajstić information content (AvgIpc) is 2.68. The Morgan fingerprint density at radius 3 is 2.48 bits per heavy atom. The minimum absolute atomic E-state index is 0. The first-order valence-electron chi connectivity index (χ1n) is 9.14. The Hall–Kier alpha value is -2.14. The number of amidine groups is 1. The van der Waals surface area contributed by atoms with E-state index < -0.39 is 0 Å². The topological polar surface area (TPSA) is 41.9 Å². The number of ketones is 1. The number of hydrogen-bond donors (Lipinski definition) is 0. The van der Waals surface area contributed by atoms with E-state index in [1.807, 2.05) is 24.3 Å². The highest BCUT2D eigenvalue weighted by atomic mass is 79.9. The van der Waals surface area contributed by atoms with Gasteiger partial charge in [-0.3, -0.25) is 9.79 Å². The molecule has 2 aromatic carbocycles. The summed E-state index contributed by atoms with van der Waals surface area (Å²) < 4.78 is 5.18. The Labute approximate surface area is 172 Å². The van der Waals surface area contributed by atoms with Gasteiger partial charge in [0.2, 0.25) is 0 Å². The standard InChI is InChI=1S/C22H26N2O2.BrH/c1-16-7-8-17(2)20(14-16)24(22-6-4-5-13-23-22)15-21(25)18-9-11-19(26-3)12-10-18;/h7-12,14H,4-6,13,15H2,1-3H3;1H. The highest BCUT2D eigenvalue weighted by Crippen LogP contribution is 2.25. The van der Waals surface area contributed by atoms with Crippen LogP contribution in [0.25, 0.3) is 0 Å². The van der Waals surface area contributed by atoms with Crippen molar-refractivity contribution in [3.8, 4) is 5.75 Å². The SMILES string of the molecule is Br.COc1ccc(C(=O)CN(C2=NCCCC2)c2cc(C)ccc2C)cc1. The van der Waals surface area contributed by atoms with Crippen LogP contribution < -0.4 is 9.64 Å². The van der Waals surface area contributed by atoms with Crippen molar-refractivity contribution >= 4 is 34.3 Å². The maximum Gasteiger partial charge on any atom is 0.182 e. The summed E-state index contributed by atoms with van der Waals surface area (Å²) in [6.07, 6.45) is 3.16. The third kappa shape index (κ3) is 5.19. The second-order valence-electron chi connectivity index (χ2n) is 6.78. The number of anilines is 1. The van der Waals surface area contributed by atoms with Crippen molar-refractivity contribution < 1.29 is 9.53 Å². The molecule has 0 atom stereocenters. The number of carbonyl (C=O) groups is 1. The molecule has 5 heteroatoms. The van der Waals surface area contributed by atoms with Gasteiger partial charge in [0.15, 0.2) is 5.78 Å². The van der Waals surface area contributed by atoms with Crippen molar-refractivity contribution in [2.45, 2.75) is 33.1 Å². The molecular formula is C22H27BrN2O2. The molecule has 0 fully saturated rings. The van der Waals surface area contributed by atoms with Crippen molar-refractivity contribution in [2.75, 3.05) is 25.1 Å². The van der Waals surface area contributed by atoms with Gasteiger partial charge in [-0.05, 0) is 68.1 Å². The summed E-state index contributed by atoms with van der Waals surface area (Å²) in [6.45, 7) is 5.31. The van der Waals surface area contributed by atoms with Gasteiger partial charge < -0.3 is 9.64 Å². The Morgan fingerprint density at radius 2 is 1.85 bits per heavy atom. The third-order valence-electron chi connectivity index (χ3n) is 4.78. The van der Waals surface area contributed by atoms with Gasteiger partial charge in [-0.1, -0.05) is 12.1 Å². The number of ether oxygens (including phenoxy) is 1. The number of carbonyl (C=O) groups excluding carboxylic acids is 1. The molecule has 144 valence electrons. The van der Waals surface area contributed by atoms with Crippen LogP contribution in [0.2, 0.25) is 0 Å². The van der Waals surface area contributed by atoms with E-state index in [1.54, 1.807) is 7.11 Å². The Bertz CT molecular complexity index is 816. The molecule has 0 aliphatic carbocycles. The summed E-state index contributed by atoms with van der Waals surface area (Å²) in [7, 11) is 1.63. The van der Waals surface area contributed by atoms with Gasteiger partial charge >= 0.3 is 0 Å². The minimum Gasteiger partial charge on any atom is -0.497 e. The lowest BCUT2D eigenvalue weighted by atomic mass is 10.1. The van der Waals surface area contributed by atoms with Crippen LogP contribution in [0.1, 0.15) is 40.7 Å². The number of aryl methyl sites for hydroxylation is 2. The second kappa shape index (κ2) is 9.70. The molecule has 0 unspecified atom stereocenters. The van der Waals surface area contributed by atoms with E-state index in [4.69, 9.17) is 9.73 Å². The fourth-order valence-corrected chi connectivity index (χ4v) is 3.24. The van der Waals surface area contributed by atoms with Crippen molar-refractivity contribution in [3.63, 3.8) is 0 Å². The van der Waals surface area contributed by atoms with Gasteiger partial charge in [0.25, 0.3) is 0 Å². The minimum atomic E-state index is 0. The van der Waals surface area contributed by atoms with E-state index in [1.165, 1.54) is 5.56 Å². The van der Waals surface area contributed by atoms with Crippen LogP contribution in [-0.2, 0) is 0 Å². The number of Topliss-reactive ketones (excluding diaryl/α,β-unsaturated/α-hetero) is 1. The smallest absolute Gasteiger partial charge is 0.182 e. The molecule has 0 saturated carbocycles. The zero-order valence-corrected chi connectivity index (χ0v) is 17.9. The van der Waals surface area contributed by atoms with Crippen LogP contribution in [-0.4, -0.2) is 31.8 Å². The van der Waals surface area contributed by atoms with Gasteiger partial charge in [0.1, 0.15) is 11.6 Å². The van der Waals surface area contributed by atoms with E-state index in [-0.39, 0.29) is 22.8 Å². The van der Waals surface area contributed by atoms with Crippen LogP contribution in [0.4, 0.5) is 5.69 Å². The van der Waals surface area contributed by atoms with Crippen molar-refractivity contribution in [1.29, 1.82) is 0 Å². The molecule has 1 heterocycles. The maximum absolute atomic E-state index is 12.9. The quantitative estimate of drug-likeness (QED) is 0.614. The molecule has 27 heavy (non-hydrogen) atoms. The van der Waals surface area contributed by atoms with Gasteiger partial charge in [-0.25, -0.2) is 0 Å². The second-order valence-corrected chi connectivity index (χ2v) is 6.78. The first kappa shape index (κ1) is 21.2. The van der Waals surface area contributed by atoms with Crippen molar-refractivity contribution in [2.24, 2.45) is 4.99 Å². The Morgan fingerprint density at radius 1 is 1.11 bits per heavy atom. The van der Waals surface area contributed by atoms with Gasteiger partial charge in [-0.15, -0.1) is 17.0 Å². The highest BCUT2D eigenvalue weighted by Gasteiger charge is 2.21. The lowest BCUT2D eigenvalue weighted by Crippen LogP contribution is -2.37. The first-order valence-corrected chi connectivity index (χ1v) is 9.14. The summed E-state index contributed by atoms with van der Waals surface area (Å²) in [6, 6.07) is 13.7. The summed E-state index contributed by atoms with van der Waals surface area (Å²) in [5, 5.41) is 0. The van der Waals surface area contributed by atoms with Crippen LogP contribution >= 0.6 is 17.0 Å². The number of rotatable bonds is 5. The number of halogens is 1. The molecule has 0 aromatic heterocycles. The summed E-state index contributed by atoms with van der Waals surface area (Å²) >= 11 is 0. The number of hydrogen-bond acceptors (Lipinski definition) is 4. The molecule has 0 radical (unpaired) electrons. The molecule has 0 saturated heterocycles. The molecule has 0 bridgehead atoms. The number of nitrogens with zero attached hydrogens (tertiary/aromatic N) is 2. The van der Waals surface area contributed by atoms with Crippen LogP contribution in [0.5, 0.6) is 5.75 Å². The van der Waals surface area contributed by atoms with Crippen LogP contribution in [0, 0.1) is 13.8 Å². The predicted octanol–water partition coefficient (Wildman–Crippen LogP) is 5.16. The molecule has 2 aromatic rings. The highest BCUT2D eigenvalue weighted by molar-refractivity contribution is 8.93. The lowest BCUT2D eigenvalue weighted by molar-refractivity contribution is 0.100. The van der Waals surface area contributed by atoms with E-state index >= 15 is 0 Å². The summed E-state index contributed by atoms with van der Waals surface area (Å²) in [4.78, 5) is 19.8. The van der Waals surface area contributed by atoms with E-state index in [2.05, 4.69) is 36.9 Å². The van der Waals surface area contributed by atoms with E-state index in [0.29, 0.717) is 12.1 Å². The zero-order valence-electron chi connectivity index (χ0n) is 16.2. The van der Waals surface area contributed by atoms with Crippen molar-refractivity contribution in [1.82, 2.24) is 0 Å². The average molecular weight is 431 g/mol. The molecule has 1 aliphatic heterocycles. The number of benzene rings is 2. The third-order valence-corrected chi connectivity index (χ3v) is 4.78. The Kier molecular flexibility index (Phi) is 7.60. The monoisotopic (exact) mass is 430 g/mol. The summed E-state index contributed by atoms with van der Waals surface area (Å²) in [5.41, 5.74) is 4.11.